The van der Waals surface area contributed by atoms with Crippen LogP contribution < -0.4 is 4.74 Å². The van der Waals surface area contributed by atoms with Gasteiger partial charge in [-0.05, 0) is 18.2 Å². The molecule has 0 N–H and O–H groups in total. The van der Waals surface area contributed by atoms with Gasteiger partial charge in [-0.25, -0.2) is 9.97 Å². The first kappa shape index (κ1) is 14.3. The molecule has 3 aromatic rings. The molecule has 0 aliphatic carbocycles. The summed E-state index contributed by atoms with van der Waals surface area (Å²) in [6.45, 7) is 0.618. The molecule has 0 saturated heterocycles. The summed E-state index contributed by atoms with van der Waals surface area (Å²) in [7, 11) is 1.88. The van der Waals surface area contributed by atoms with E-state index in [2.05, 4.69) is 31.0 Å². The van der Waals surface area contributed by atoms with Crippen LogP contribution in [0.25, 0.3) is 11.0 Å². The predicted octanol–water partition coefficient (Wildman–Crippen LogP) is 3.30. The molecule has 0 aliphatic rings. The third kappa shape index (κ3) is 3.36. The van der Waals surface area contributed by atoms with Crippen LogP contribution in [0.2, 0.25) is 0 Å². The second-order valence-corrected chi connectivity index (χ2v) is 6.34. The van der Waals surface area contributed by atoms with Gasteiger partial charge in [0.1, 0.15) is 17.1 Å². The molecular formula is C14H13BrN4OS. The van der Waals surface area contributed by atoms with Crippen LogP contribution in [0.4, 0.5) is 0 Å². The summed E-state index contributed by atoms with van der Waals surface area (Å²) < 4.78 is 8.47. The Bertz CT molecular complexity index is 762. The minimum absolute atomic E-state index is 0.618. The zero-order chi connectivity index (χ0) is 14.7. The molecule has 7 heteroatoms. The lowest BCUT2D eigenvalue weighted by atomic mass is 10.3. The number of thioether (sulfide) groups is 1. The molecule has 2 heterocycles. The molecule has 0 radical (unpaired) electrons. The molecule has 2 aromatic heterocycles. The van der Waals surface area contributed by atoms with E-state index < -0.39 is 0 Å². The molecule has 0 amide bonds. The Morgan fingerprint density at radius 1 is 1.33 bits per heavy atom. The van der Waals surface area contributed by atoms with Crippen molar-refractivity contribution in [3.8, 4) is 5.75 Å². The van der Waals surface area contributed by atoms with Crippen molar-refractivity contribution in [1.29, 1.82) is 0 Å². The van der Waals surface area contributed by atoms with Gasteiger partial charge in [0.05, 0.1) is 18.2 Å². The van der Waals surface area contributed by atoms with Crippen molar-refractivity contribution in [2.24, 2.45) is 7.05 Å². The van der Waals surface area contributed by atoms with Crippen LogP contribution in [-0.2, 0) is 7.05 Å². The lowest BCUT2D eigenvalue weighted by Gasteiger charge is -2.06. The smallest absolute Gasteiger partial charge is 0.162 e. The molecule has 0 unspecified atom stereocenters. The van der Waals surface area contributed by atoms with E-state index in [0.717, 1.165) is 32.0 Å². The Morgan fingerprint density at radius 2 is 2.24 bits per heavy atom. The SMILES string of the molecule is Cn1ncc2c(SCCOc3cccc(Br)c3)ncnc21. The van der Waals surface area contributed by atoms with Crippen LogP contribution in [0.1, 0.15) is 0 Å². The van der Waals surface area contributed by atoms with Crippen LogP contribution in [-0.4, -0.2) is 32.1 Å². The number of fused-ring (bicyclic) bond motifs is 1. The average Bonchev–Trinajstić information content (AvgIpc) is 2.86. The highest BCUT2D eigenvalue weighted by Gasteiger charge is 2.08. The molecule has 3 rings (SSSR count). The topological polar surface area (TPSA) is 52.8 Å². The molecule has 0 bridgehead atoms. The van der Waals surface area contributed by atoms with E-state index >= 15 is 0 Å². The maximum absolute atomic E-state index is 5.71. The normalized spacial score (nSPS) is 11.0. The number of hydrogen-bond acceptors (Lipinski definition) is 5. The van der Waals surface area contributed by atoms with Crippen molar-refractivity contribution in [3.63, 3.8) is 0 Å². The predicted molar refractivity (Wildman–Crippen MR) is 86.7 cm³/mol. The summed E-state index contributed by atoms with van der Waals surface area (Å²) in [5.74, 6) is 1.67. The molecule has 0 fully saturated rings. The number of rotatable bonds is 5. The number of ether oxygens (including phenoxy) is 1. The number of nitrogens with zero attached hydrogens (tertiary/aromatic N) is 4. The van der Waals surface area contributed by atoms with Crippen LogP contribution in [0.5, 0.6) is 5.75 Å². The third-order valence-electron chi connectivity index (χ3n) is 2.88. The van der Waals surface area contributed by atoms with Gasteiger partial charge in [-0.3, -0.25) is 4.68 Å². The minimum atomic E-state index is 0.618. The van der Waals surface area contributed by atoms with Gasteiger partial charge in [0, 0.05) is 17.3 Å². The fraction of sp³-hybridized carbons (Fsp3) is 0.214. The molecule has 0 saturated carbocycles. The zero-order valence-corrected chi connectivity index (χ0v) is 13.8. The highest BCUT2D eigenvalue weighted by Crippen LogP contribution is 2.24. The van der Waals surface area contributed by atoms with Gasteiger partial charge in [-0.15, -0.1) is 11.8 Å². The number of aromatic nitrogens is 4. The van der Waals surface area contributed by atoms with Crippen LogP contribution in [0.15, 0.2) is 46.3 Å². The van der Waals surface area contributed by atoms with Gasteiger partial charge in [0.25, 0.3) is 0 Å². The van der Waals surface area contributed by atoms with E-state index in [1.807, 2.05) is 31.3 Å². The molecular weight excluding hydrogens is 352 g/mol. The van der Waals surface area contributed by atoms with Gasteiger partial charge in [0.2, 0.25) is 0 Å². The molecule has 0 aliphatic heterocycles. The Morgan fingerprint density at radius 3 is 3.10 bits per heavy atom. The van der Waals surface area contributed by atoms with E-state index in [1.54, 1.807) is 29.0 Å². The van der Waals surface area contributed by atoms with Crippen molar-refractivity contribution in [1.82, 2.24) is 19.7 Å². The molecule has 0 atom stereocenters. The quantitative estimate of drug-likeness (QED) is 0.395. The first-order valence-corrected chi connectivity index (χ1v) is 8.16. The zero-order valence-electron chi connectivity index (χ0n) is 11.4. The molecule has 108 valence electrons. The summed E-state index contributed by atoms with van der Waals surface area (Å²) in [6.07, 6.45) is 3.37. The van der Waals surface area contributed by atoms with E-state index in [1.165, 1.54) is 0 Å². The van der Waals surface area contributed by atoms with Crippen LogP contribution >= 0.6 is 27.7 Å². The Balaban J connectivity index is 1.60. The first-order valence-electron chi connectivity index (χ1n) is 6.38. The lowest BCUT2D eigenvalue weighted by Crippen LogP contribution is -2.00. The van der Waals surface area contributed by atoms with Gasteiger partial charge in [0.15, 0.2) is 5.65 Å². The van der Waals surface area contributed by atoms with Crippen molar-refractivity contribution >= 4 is 38.7 Å². The summed E-state index contributed by atoms with van der Waals surface area (Å²) in [4.78, 5) is 8.54. The fourth-order valence-corrected chi connectivity index (χ4v) is 3.07. The van der Waals surface area contributed by atoms with Crippen molar-refractivity contribution in [2.75, 3.05) is 12.4 Å². The second kappa shape index (κ2) is 6.44. The Hall–Kier alpha value is -1.60. The van der Waals surface area contributed by atoms with Crippen molar-refractivity contribution < 1.29 is 4.74 Å². The first-order chi connectivity index (χ1) is 10.2. The van der Waals surface area contributed by atoms with Crippen LogP contribution in [0.3, 0.4) is 0 Å². The number of hydrogen-bond donors (Lipinski definition) is 0. The summed E-state index contributed by atoms with van der Waals surface area (Å²) >= 11 is 5.07. The summed E-state index contributed by atoms with van der Waals surface area (Å²) in [6, 6.07) is 7.83. The monoisotopic (exact) mass is 364 g/mol. The highest BCUT2D eigenvalue weighted by atomic mass is 79.9. The molecule has 0 spiro atoms. The largest absolute Gasteiger partial charge is 0.493 e. The van der Waals surface area contributed by atoms with Gasteiger partial charge in [-0.2, -0.15) is 5.10 Å². The van der Waals surface area contributed by atoms with Crippen LogP contribution in [0, 0.1) is 0 Å². The van der Waals surface area contributed by atoms with Gasteiger partial charge >= 0.3 is 0 Å². The Kier molecular flexibility index (Phi) is 4.40. The average molecular weight is 365 g/mol. The van der Waals surface area contributed by atoms with E-state index in [-0.39, 0.29) is 0 Å². The standard InChI is InChI=1S/C14H13BrN4OS/c1-19-13-12(8-18-19)14(17-9-16-13)21-6-5-20-11-4-2-3-10(15)7-11/h2-4,7-9H,5-6H2,1H3. The summed E-state index contributed by atoms with van der Waals surface area (Å²) in [5, 5.41) is 6.12. The fourth-order valence-electron chi connectivity index (χ4n) is 1.91. The van der Waals surface area contributed by atoms with Gasteiger partial charge in [-0.1, -0.05) is 22.0 Å². The lowest BCUT2D eigenvalue weighted by molar-refractivity contribution is 0.343. The maximum Gasteiger partial charge on any atom is 0.162 e. The molecule has 1 aromatic carbocycles. The summed E-state index contributed by atoms with van der Waals surface area (Å²) in [5.41, 5.74) is 0.848. The maximum atomic E-state index is 5.71. The molecule has 5 nitrogen and oxygen atoms in total. The number of aryl methyl sites for hydroxylation is 1. The van der Waals surface area contributed by atoms with Crippen molar-refractivity contribution in [3.05, 3.63) is 41.3 Å². The van der Waals surface area contributed by atoms with Crippen molar-refractivity contribution in [2.45, 2.75) is 5.03 Å². The minimum Gasteiger partial charge on any atom is -0.493 e. The third-order valence-corrected chi connectivity index (χ3v) is 4.34. The highest BCUT2D eigenvalue weighted by molar-refractivity contribution is 9.10. The number of benzene rings is 1. The van der Waals surface area contributed by atoms with Gasteiger partial charge < -0.3 is 4.74 Å². The van der Waals surface area contributed by atoms with E-state index in [9.17, 15) is 0 Å². The van der Waals surface area contributed by atoms with E-state index in [0.29, 0.717) is 6.61 Å². The van der Waals surface area contributed by atoms with E-state index in [4.69, 9.17) is 4.74 Å². The second-order valence-electron chi connectivity index (χ2n) is 4.34. The Labute approximate surface area is 134 Å². The molecule has 21 heavy (non-hydrogen) atoms. The number of halogens is 1.